The number of ether oxygens (including phenoxy) is 12. The van der Waals surface area contributed by atoms with E-state index in [2.05, 4.69) is 34.1 Å². The summed E-state index contributed by atoms with van der Waals surface area (Å²) in [5.41, 5.74) is 1.25. The standard InChI is InChI=1S/C66H83N6O21P/c1-39(2)46-18-24-52(25-19-46)85-37-56(77)68-65-69-62-58(63(78)70-65)67-38-71(62)57-34-53(54(91-57)36-86-66(47-16-14-13-15-17-47,48-20-26-50(80-11)27-21-48)49-22-28-51(81-12)29-23-49)93-94(79,72(40(3)4)41(5)6)87-33-31-82-30-32-83-64-61(90-45(10)76)60(89-44(9)75)59(88-43(8)74)55(92-64)35-84-42(7)73/h13-29,38-41,53-55,57,59-61,64H,30-37H2,1-12H3,(H2,68,69,70,77,78)/t53-,54+,55+,57+,59+,60-,61+,64+,94?/m0/s1. The van der Waals surface area contributed by atoms with Crippen molar-refractivity contribution in [3.63, 3.8) is 0 Å². The largest absolute Gasteiger partial charge is 0.497 e. The molecule has 0 saturated carbocycles. The number of nitrogens with one attached hydrogen (secondary N) is 2. The van der Waals surface area contributed by atoms with E-state index in [0.29, 0.717) is 34.3 Å². The number of carbonyl (C=O) groups excluding carboxylic acids is 5. The third-order valence-corrected chi connectivity index (χ3v) is 17.8. The molecule has 6 aromatic rings. The molecule has 4 aromatic carbocycles. The summed E-state index contributed by atoms with van der Waals surface area (Å²) < 4.78 is 104. The molecule has 0 aliphatic carbocycles. The molecule has 2 aromatic heterocycles. The van der Waals surface area contributed by atoms with Crippen molar-refractivity contribution < 1.29 is 94.4 Å². The van der Waals surface area contributed by atoms with Crippen LogP contribution in [-0.4, -0.2) is 169 Å². The van der Waals surface area contributed by atoms with Crippen molar-refractivity contribution in [2.45, 2.75) is 148 Å². The molecule has 9 atom stereocenters. The predicted octanol–water partition coefficient (Wildman–Crippen LogP) is 8.32. The van der Waals surface area contributed by atoms with Gasteiger partial charge in [0.15, 0.2) is 42.4 Å². The Morgan fingerprint density at radius 3 is 1.84 bits per heavy atom. The van der Waals surface area contributed by atoms with Crippen molar-refractivity contribution in [1.82, 2.24) is 24.2 Å². The maximum Gasteiger partial charge on any atom is 0.409 e. The zero-order valence-electron chi connectivity index (χ0n) is 54.7. The number of anilines is 1. The molecule has 1 amide bonds. The highest BCUT2D eigenvalue weighted by molar-refractivity contribution is 7.51. The zero-order chi connectivity index (χ0) is 67.9. The van der Waals surface area contributed by atoms with Crippen LogP contribution in [0.15, 0.2) is 114 Å². The first-order valence-corrected chi connectivity index (χ1v) is 32.3. The number of aromatic nitrogens is 4. The van der Waals surface area contributed by atoms with Crippen LogP contribution in [0.5, 0.6) is 17.2 Å². The number of methoxy groups -OCH3 is 2. The SMILES string of the molecule is COc1ccc(C(OC[C@H]2O[C@@H](n3cnc4c(=O)[nH]c(NC(=O)COc5ccc(C(C)C)cc5)nc43)C[C@@H]2OP(=O)(OCCOCCO[C@@H]2O[C@H](COC(C)=O)[C@@H](OC(C)=O)[C@H](OC(C)=O)[C@H]2OC(C)=O)N(C(C)C)C(C)C)(c2ccccc2)c2ccc(OC)cc2)cc1. The summed E-state index contributed by atoms with van der Waals surface area (Å²) in [7, 11) is -1.28. The summed E-state index contributed by atoms with van der Waals surface area (Å²) in [6.45, 7) is 14.1. The Morgan fingerprint density at radius 1 is 0.691 bits per heavy atom. The Bertz CT molecular complexity index is 3550. The highest BCUT2D eigenvalue weighted by atomic mass is 31.2. The quantitative estimate of drug-likeness (QED) is 0.0132. The van der Waals surface area contributed by atoms with Gasteiger partial charge in [-0.3, -0.25) is 52.7 Å². The summed E-state index contributed by atoms with van der Waals surface area (Å²) >= 11 is 0. The molecule has 2 N–H and O–H groups in total. The van der Waals surface area contributed by atoms with Crippen LogP contribution in [0.4, 0.5) is 5.95 Å². The van der Waals surface area contributed by atoms with Gasteiger partial charge in [0, 0.05) is 46.2 Å². The smallest absolute Gasteiger partial charge is 0.409 e. The van der Waals surface area contributed by atoms with Crippen LogP contribution in [0.3, 0.4) is 0 Å². The minimum atomic E-state index is -4.44. The fourth-order valence-corrected chi connectivity index (χ4v) is 13.5. The monoisotopic (exact) mass is 1330 g/mol. The fourth-order valence-electron chi connectivity index (χ4n) is 11.2. The van der Waals surface area contributed by atoms with Gasteiger partial charge in [0.25, 0.3) is 11.5 Å². The van der Waals surface area contributed by atoms with E-state index in [9.17, 15) is 28.8 Å². The number of carbonyl (C=O) groups is 5. The summed E-state index contributed by atoms with van der Waals surface area (Å²) in [6.07, 6.45) is -8.80. The van der Waals surface area contributed by atoms with E-state index < -0.39 is 123 Å². The fraction of sp³-hybridized carbons (Fsp3) is 0.485. The highest BCUT2D eigenvalue weighted by Gasteiger charge is 2.53. The third kappa shape index (κ3) is 18.0. The number of hydrogen-bond donors (Lipinski definition) is 2. The third-order valence-electron chi connectivity index (χ3n) is 15.3. The Hall–Kier alpha value is -8.11. The van der Waals surface area contributed by atoms with Crippen molar-refractivity contribution in [3.05, 3.63) is 142 Å². The van der Waals surface area contributed by atoms with Gasteiger partial charge in [-0.05, 0) is 92.3 Å². The first kappa shape index (κ1) is 71.7. The van der Waals surface area contributed by atoms with Crippen molar-refractivity contribution >= 4 is 54.6 Å². The van der Waals surface area contributed by atoms with E-state index in [0.717, 1.165) is 38.8 Å². The van der Waals surface area contributed by atoms with Crippen LogP contribution < -0.4 is 25.1 Å². The van der Waals surface area contributed by atoms with Gasteiger partial charge >= 0.3 is 31.6 Å². The maximum absolute atomic E-state index is 16.0. The van der Waals surface area contributed by atoms with E-state index >= 15 is 4.57 Å². The number of benzene rings is 4. The molecular weight excluding hydrogens is 1240 g/mol. The topological polar surface area (TPSA) is 310 Å². The average molecular weight is 1330 g/mol. The molecule has 2 saturated heterocycles. The minimum Gasteiger partial charge on any atom is -0.497 e. The predicted molar refractivity (Wildman–Crippen MR) is 339 cm³/mol. The lowest BCUT2D eigenvalue weighted by Gasteiger charge is -2.44. The second kappa shape index (κ2) is 32.8. The molecule has 0 bridgehead atoms. The van der Waals surface area contributed by atoms with Gasteiger partial charge in [-0.25, -0.2) is 14.2 Å². The molecule has 28 heteroatoms. The molecule has 508 valence electrons. The number of amides is 1. The Balaban J connectivity index is 1.08. The van der Waals surface area contributed by atoms with Crippen LogP contribution in [0.1, 0.15) is 110 Å². The summed E-state index contributed by atoms with van der Waals surface area (Å²) in [5, 5.41) is 2.63. The molecule has 0 radical (unpaired) electrons. The average Bonchev–Trinajstić information content (AvgIpc) is 0.866. The van der Waals surface area contributed by atoms with E-state index in [4.69, 9.17) is 65.9 Å². The highest BCUT2D eigenvalue weighted by Crippen LogP contribution is 2.57. The first-order chi connectivity index (χ1) is 44.9. The number of esters is 4. The normalized spacial score (nSPS) is 20.4. The van der Waals surface area contributed by atoms with Gasteiger partial charge in [0.2, 0.25) is 5.95 Å². The Morgan fingerprint density at radius 2 is 1.27 bits per heavy atom. The molecule has 4 heterocycles. The number of imidazole rings is 1. The molecular formula is C66H83N6O21P. The summed E-state index contributed by atoms with van der Waals surface area (Å²) in [5.74, 6) is -1.87. The van der Waals surface area contributed by atoms with Crippen molar-refractivity contribution in [2.75, 3.05) is 65.8 Å². The maximum atomic E-state index is 16.0. The van der Waals surface area contributed by atoms with Crippen LogP contribution in [0.2, 0.25) is 0 Å². The van der Waals surface area contributed by atoms with Crippen molar-refractivity contribution in [3.8, 4) is 17.2 Å². The molecule has 94 heavy (non-hydrogen) atoms. The van der Waals surface area contributed by atoms with Gasteiger partial charge in [-0.1, -0.05) is 80.6 Å². The number of H-pyrrole nitrogens is 1. The molecule has 1 unspecified atom stereocenters. The molecule has 2 fully saturated rings. The number of hydrogen-bond acceptors (Lipinski definition) is 23. The minimum absolute atomic E-state index is 0.0348. The number of rotatable bonds is 32. The number of nitrogens with zero attached hydrogens (tertiary/aromatic N) is 4. The molecule has 2 aliphatic rings. The van der Waals surface area contributed by atoms with Gasteiger partial charge in [-0.15, -0.1) is 0 Å². The van der Waals surface area contributed by atoms with Gasteiger partial charge in [0.1, 0.15) is 54.0 Å². The Labute approximate surface area is 544 Å². The van der Waals surface area contributed by atoms with Crippen LogP contribution in [0.25, 0.3) is 11.2 Å². The van der Waals surface area contributed by atoms with Crippen molar-refractivity contribution in [2.24, 2.45) is 0 Å². The van der Waals surface area contributed by atoms with Crippen molar-refractivity contribution in [1.29, 1.82) is 0 Å². The van der Waals surface area contributed by atoms with E-state index in [1.807, 2.05) is 119 Å². The molecule has 8 rings (SSSR count). The number of aromatic amines is 1. The van der Waals surface area contributed by atoms with E-state index in [1.54, 1.807) is 31.0 Å². The molecule has 2 aliphatic heterocycles. The van der Waals surface area contributed by atoms with Crippen LogP contribution >= 0.6 is 7.75 Å². The van der Waals surface area contributed by atoms with Gasteiger partial charge < -0.3 is 56.8 Å². The zero-order valence-corrected chi connectivity index (χ0v) is 55.6. The summed E-state index contributed by atoms with van der Waals surface area (Å²) in [4.78, 5) is 87.7. The molecule has 0 spiro atoms. The van der Waals surface area contributed by atoms with Gasteiger partial charge in [0.05, 0.1) is 53.6 Å². The first-order valence-electron chi connectivity index (χ1n) is 30.8. The molecule has 27 nitrogen and oxygen atoms in total. The summed E-state index contributed by atoms with van der Waals surface area (Å²) in [6, 6.07) is 31.1. The van der Waals surface area contributed by atoms with Crippen LogP contribution in [0, 0.1) is 0 Å². The second-order valence-corrected chi connectivity index (χ2v) is 24.9. The van der Waals surface area contributed by atoms with E-state index in [-0.39, 0.29) is 56.6 Å². The van der Waals surface area contributed by atoms with E-state index in [1.165, 1.54) is 10.9 Å². The van der Waals surface area contributed by atoms with Crippen LogP contribution in [-0.2, 0) is 85.8 Å². The number of fused-ring (bicyclic) bond motifs is 1. The lowest BCUT2D eigenvalue weighted by Crippen LogP contribution is -2.63. The lowest BCUT2D eigenvalue weighted by molar-refractivity contribution is -0.309. The Kier molecular flexibility index (Phi) is 25.1. The lowest BCUT2D eigenvalue weighted by atomic mass is 9.80. The van der Waals surface area contributed by atoms with Gasteiger partial charge in [-0.2, -0.15) is 4.98 Å². The second-order valence-electron chi connectivity index (χ2n) is 23.0.